The van der Waals surface area contributed by atoms with Crippen LogP contribution in [0.3, 0.4) is 0 Å². The minimum Gasteiger partial charge on any atom is -0.388 e. The second-order valence-corrected chi connectivity index (χ2v) is 7.04. The van der Waals surface area contributed by atoms with E-state index in [4.69, 9.17) is 0 Å². The Balaban J connectivity index is 1.96. The number of hydrogen-bond donors (Lipinski definition) is 2. The van der Waals surface area contributed by atoms with Crippen LogP contribution in [0.25, 0.3) is 0 Å². The van der Waals surface area contributed by atoms with Gasteiger partial charge in [-0.25, -0.2) is 21.9 Å². The zero-order chi connectivity index (χ0) is 15.5. The van der Waals surface area contributed by atoms with Crippen LogP contribution in [-0.4, -0.2) is 20.1 Å². The van der Waals surface area contributed by atoms with Crippen molar-refractivity contribution in [1.82, 2.24) is 4.72 Å². The molecule has 0 fully saturated rings. The molecule has 0 saturated carbocycles. The summed E-state index contributed by atoms with van der Waals surface area (Å²) in [6, 6.07) is 5.89. The fraction of sp³-hybridized carbons (Fsp3) is 0.231. The van der Waals surface area contributed by atoms with Gasteiger partial charge in [-0.3, -0.25) is 0 Å². The summed E-state index contributed by atoms with van der Waals surface area (Å²) in [5.41, 5.74) is 0. The van der Waals surface area contributed by atoms with Crippen LogP contribution < -0.4 is 4.72 Å². The molecule has 1 atom stereocenters. The third kappa shape index (κ3) is 4.07. The molecule has 1 aromatic carbocycles. The Morgan fingerprint density at radius 2 is 2.00 bits per heavy atom. The average Bonchev–Trinajstić information content (AvgIpc) is 2.95. The highest BCUT2D eigenvalue weighted by atomic mass is 32.2. The molecular weight excluding hydrogens is 320 g/mol. The van der Waals surface area contributed by atoms with Crippen molar-refractivity contribution in [2.45, 2.75) is 17.4 Å². The summed E-state index contributed by atoms with van der Waals surface area (Å²) >= 11 is 1.37. The van der Waals surface area contributed by atoms with Gasteiger partial charge in [0.2, 0.25) is 10.0 Å². The first-order valence-corrected chi connectivity index (χ1v) is 8.42. The molecule has 2 rings (SSSR count). The third-order valence-corrected chi connectivity index (χ3v) is 5.22. The number of rotatable bonds is 6. The lowest BCUT2D eigenvalue weighted by Crippen LogP contribution is -2.26. The van der Waals surface area contributed by atoms with Crippen LogP contribution in [0.2, 0.25) is 0 Å². The van der Waals surface area contributed by atoms with Crippen molar-refractivity contribution in [3.8, 4) is 0 Å². The quantitative estimate of drug-likeness (QED) is 0.853. The van der Waals surface area contributed by atoms with E-state index in [0.717, 1.165) is 17.0 Å². The zero-order valence-electron chi connectivity index (χ0n) is 10.8. The Kier molecular flexibility index (Phi) is 5.04. The normalized spacial score (nSPS) is 13.3. The topological polar surface area (TPSA) is 66.4 Å². The molecule has 8 heteroatoms. The van der Waals surface area contributed by atoms with Gasteiger partial charge in [0.25, 0.3) is 0 Å². The molecule has 1 heterocycles. The van der Waals surface area contributed by atoms with E-state index in [-0.39, 0.29) is 17.9 Å². The maximum atomic E-state index is 13.0. The monoisotopic (exact) mass is 333 g/mol. The van der Waals surface area contributed by atoms with Gasteiger partial charge in [0, 0.05) is 11.4 Å². The highest BCUT2D eigenvalue weighted by Crippen LogP contribution is 2.21. The minimum atomic E-state index is -3.93. The number of halogens is 2. The molecule has 0 aliphatic rings. The van der Waals surface area contributed by atoms with E-state index < -0.39 is 27.8 Å². The Morgan fingerprint density at radius 1 is 1.24 bits per heavy atom. The van der Waals surface area contributed by atoms with Gasteiger partial charge in [0.15, 0.2) is 11.6 Å². The number of sulfonamides is 1. The molecule has 2 aromatic rings. The van der Waals surface area contributed by atoms with E-state index in [2.05, 4.69) is 4.72 Å². The van der Waals surface area contributed by atoms with Gasteiger partial charge in [-0.15, -0.1) is 11.3 Å². The molecule has 4 nitrogen and oxygen atoms in total. The minimum absolute atomic E-state index is 0.0135. The largest absolute Gasteiger partial charge is 0.388 e. The number of benzene rings is 1. The standard InChI is InChI=1S/C13H13F2NO3S2/c14-10-4-3-9(8-11(10)15)21(18,19)16-6-5-12(17)13-2-1-7-20-13/h1-4,7-8,12,16-17H,5-6H2. The molecule has 1 unspecified atom stereocenters. The number of aliphatic hydroxyl groups excluding tert-OH is 1. The second kappa shape index (κ2) is 6.61. The zero-order valence-corrected chi connectivity index (χ0v) is 12.4. The molecule has 0 aliphatic heterocycles. The van der Waals surface area contributed by atoms with Crippen molar-refractivity contribution in [2.24, 2.45) is 0 Å². The summed E-state index contributed by atoms with van der Waals surface area (Å²) in [6.07, 6.45) is -0.582. The van der Waals surface area contributed by atoms with Gasteiger partial charge >= 0.3 is 0 Å². The van der Waals surface area contributed by atoms with Gasteiger partial charge in [-0.05, 0) is 36.1 Å². The van der Waals surface area contributed by atoms with Gasteiger partial charge in [0.1, 0.15) is 0 Å². The van der Waals surface area contributed by atoms with Crippen molar-refractivity contribution in [3.63, 3.8) is 0 Å². The van der Waals surface area contributed by atoms with Gasteiger partial charge in [0.05, 0.1) is 11.0 Å². The lowest BCUT2D eigenvalue weighted by atomic mass is 10.2. The highest BCUT2D eigenvalue weighted by molar-refractivity contribution is 7.89. The Labute approximate surface area is 125 Å². The van der Waals surface area contributed by atoms with Crippen molar-refractivity contribution in [1.29, 1.82) is 0 Å². The van der Waals surface area contributed by atoms with E-state index in [1.54, 1.807) is 12.1 Å². The number of aliphatic hydroxyl groups is 1. The fourth-order valence-electron chi connectivity index (χ4n) is 1.68. The third-order valence-electron chi connectivity index (χ3n) is 2.78. The smallest absolute Gasteiger partial charge is 0.240 e. The predicted octanol–water partition coefficient (Wildman–Crippen LogP) is 2.43. The lowest BCUT2D eigenvalue weighted by Gasteiger charge is -2.10. The molecule has 0 spiro atoms. The molecule has 0 saturated heterocycles. The van der Waals surface area contributed by atoms with Crippen LogP contribution in [0, 0.1) is 11.6 Å². The fourth-order valence-corrected chi connectivity index (χ4v) is 3.49. The molecule has 0 radical (unpaired) electrons. The summed E-state index contributed by atoms with van der Waals surface area (Å²) in [7, 11) is -3.93. The Bertz CT molecular complexity index is 702. The van der Waals surface area contributed by atoms with Crippen molar-refractivity contribution >= 4 is 21.4 Å². The number of thiophene rings is 1. The molecule has 1 aromatic heterocycles. The molecule has 21 heavy (non-hydrogen) atoms. The van der Waals surface area contributed by atoms with Crippen LogP contribution in [0.1, 0.15) is 17.4 Å². The van der Waals surface area contributed by atoms with Crippen LogP contribution in [0.15, 0.2) is 40.6 Å². The molecule has 2 N–H and O–H groups in total. The van der Waals surface area contributed by atoms with Gasteiger partial charge in [-0.2, -0.15) is 0 Å². The second-order valence-electron chi connectivity index (χ2n) is 4.29. The maximum Gasteiger partial charge on any atom is 0.240 e. The van der Waals surface area contributed by atoms with E-state index in [0.29, 0.717) is 6.07 Å². The Hall–Kier alpha value is -1.35. The van der Waals surface area contributed by atoms with E-state index in [1.807, 2.05) is 5.38 Å². The first kappa shape index (κ1) is 16.0. The molecule has 114 valence electrons. The molecule has 0 amide bonds. The van der Waals surface area contributed by atoms with Crippen LogP contribution in [-0.2, 0) is 10.0 Å². The summed E-state index contributed by atoms with van der Waals surface area (Å²) in [5, 5.41) is 11.6. The van der Waals surface area contributed by atoms with Crippen molar-refractivity contribution in [2.75, 3.05) is 6.54 Å². The van der Waals surface area contributed by atoms with E-state index in [9.17, 15) is 22.3 Å². The van der Waals surface area contributed by atoms with E-state index >= 15 is 0 Å². The first-order chi connectivity index (χ1) is 9.90. The molecular formula is C13H13F2NO3S2. The summed E-state index contributed by atoms with van der Waals surface area (Å²) in [4.78, 5) is 0.383. The Morgan fingerprint density at radius 3 is 2.62 bits per heavy atom. The van der Waals surface area contributed by atoms with Gasteiger partial charge in [-0.1, -0.05) is 6.07 Å². The van der Waals surface area contributed by atoms with Crippen LogP contribution >= 0.6 is 11.3 Å². The number of hydrogen-bond acceptors (Lipinski definition) is 4. The van der Waals surface area contributed by atoms with E-state index in [1.165, 1.54) is 11.3 Å². The number of nitrogens with one attached hydrogen (secondary N) is 1. The highest BCUT2D eigenvalue weighted by Gasteiger charge is 2.17. The first-order valence-electron chi connectivity index (χ1n) is 6.06. The molecule has 0 bridgehead atoms. The van der Waals surface area contributed by atoms with Crippen molar-refractivity contribution < 1.29 is 22.3 Å². The average molecular weight is 333 g/mol. The molecule has 0 aliphatic carbocycles. The van der Waals surface area contributed by atoms with Crippen LogP contribution in [0.5, 0.6) is 0 Å². The van der Waals surface area contributed by atoms with Crippen LogP contribution in [0.4, 0.5) is 8.78 Å². The predicted molar refractivity (Wildman–Crippen MR) is 75.4 cm³/mol. The summed E-state index contributed by atoms with van der Waals surface area (Å²) in [5.74, 6) is -2.33. The van der Waals surface area contributed by atoms with Gasteiger partial charge < -0.3 is 5.11 Å². The summed E-state index contributed by atoms with van der Waals surface area (Å²) < 4.78 is 51.8. The maximum absolute atomic E-state index is 13.0. The SMILES string of the molecule is O=S(=O)(NCCC(O)c1cccs1)c1ccc(F)c(F)c1. The summed E-state index contributed by atoms with van der Waals surface area (Å²) in [6.45, 7) is -0.0135. The van der Waals surface area contributed by atoms with Crippen molar-refractivity contribution in [3.05, 3.63) is 52.2 Å². The lowest BCUT2D eigenvalue weighted by molar-refractivity contribution is 0.173.